The third-order valence-corrected chi connectivity index (χ3v) is 2.70. The van der Waals surface area contributed by atoms with Crippen molar-refractivity contribution < 1.29 is 14.4 Å². The van der Waals surface area contributed by atoms with Crippen LogP contribution in [0, 0.1) is 5.82 Å². The molecule has 2 nitrogen and oxygen atoms in total. The summed E-state index contributed by atoms with van der Waals surface area (Å²) in [6.07, 6.45) is 0. The molecule has 17 heavy (non-hydrogen) atoms. The van der Waals surface area contributed by atoms with Crippen LogP contribution in [-0.2, 0) is 0 Å². The van der Waals surface area contributed by atoms with E-state index in [1.54, 1.807) is 24.3 Å². The SMILES string of the molecule is OB(O)c1ccc(-c2ccc(Cl)cc2)c(F)c1. The van der Waals surface area contributed by atoms with Crippen molar-refractivity contribution in [3.63, 3.8) is 0 Å². The number of rotatable bonds is 2. The molecule has 0 aliphatic rings. The highest BCUT2D eigenvalue weighted by Gasteiger charge is 2.14. The molecule has 0 radical (unpaired) electrons. The first-order valence-electron chi connectivity index (χ1n) is 4.99. The Morgan fingerprint density at radius 3 is 2.18 bits per heavy atom. The first kappa shape index (κ1) is 12.1. The summed E-state index contributed by atoms with van der Waals surface area (Å²) in [6, 6.07) is 10.8. The van der Waals surface area contributed by atoms with E-state index in [0.717, 1.165) is 6.07 Å². The van der Waals surface area contributed by atoms with E-state index in [0.29, 0.717) is 16.1 Å². The second-order valence-electron chi connectivity index (χ2n) is 3.62. The van der Waals surface area contributed by atoms with Gasteiger partial charge in [-0.1, -0.05) is 35.9 Å². The zero-order valence-electron chi connectivity index (χ0n) is 8.77. The molecule has 2 rings (SSSR count). The van der Waals surface area contributed by atoms with Gasteiger partial charge < -0.3 is 10.0 Å². The van der Waals surface area contributed by atoms with E-state index >= 15 is 0 Å². The number of hydrogen-bond acceptors (Lipinski definition) is 2. The molecule has 0 aliphatic carbocycles. The van der Waals surface area contributed by atoms with Crippen molar-refractivity contribution in [2.45, 2.75) is 0 Å². The normalized spacial score (nSPS) is 10.4. The van der Waals surface area contributed by atoms with Gasteiger partial charge in [0, 0.05) is 10.6 Å². The molecular formula is C12H9BClFO2. The summed E-state index contributed by atoms with van der Waals surface area (Å²) in [7, 11) is -1.66. The largest absolute Gasteiger partial charge is 0.488 e. The molecule has 0 heterocycles. The Labute approximate surface area is 103 Å². The van der Waals surface area contributed by atoms with Crippen LogP contribution >= 0.6 is 11.6 Å². The first-order chi connectivity index (χ1) is 8.08. The van der Waals surface area contributed by atoms with Crippen LogP contribution in [0.1, 0.15) is 0 Å². The van der Waals surface area contributed by atoms with Crippen molar-refractivity contribution in [1.29, 1.82) is 0 Å². The third-order valence-electron chi connectivity index (χ3n) is 2.45. The molecule has 2 aromatic rings. The predicted molar refractivity (Wildman–Crippen MR) is 66.7 cm³/mol. The first-order valence-corrected chi connectivity index (χ1v) is 5.37. The van der Waals surface area contributed by atoms with Gasteiger partial charge in [-0.2, -0.15) is 0 Å². The molecule has 0 spiro atoms. The zero-order chi connectivity index (χ0) is 12.4. The molecule has 2 aromatic carbocycles. The molecule has 5 heteroatoms. The molecule has 0 unspecified atom stereocenters. The average Bonchev–Trinajstić information content (AvgIpc) is 2.30. The lowest BCUT2D eigenvalue weighted by molar-refractivity contribution is 0.425. The van der Waals surface area contributed by atoms with Crippen LogP contribution in [0.4, 0.5) is 4.39 Å². The summed E-state index contributed by atoms with van der Waals surface area (Å²) in [5.74, 6) is -0.502. The Bertz CT molecular complexity index is 529. The van der Waals surface area contributed by atoms with Crippen molar-refractivity contribution >= 4 is 24.2 Å². The van der Waals surface area contributed by atoms with Crippen LogP contribution in [0.2, 0.25) is 5.02 Å². The van der Waals surface area contributed by atoms with E-state index in [9.17, 15) is 4.39 Å². The molecule has 0 atom stereocenters. The molecule has 2 N–H and O–H groups in total. The minimum Gasteiger partial charge on any atom is -0.423 e. The van der Waals surface area contributed by atoms with Gasteiger partial charge in [-0.15, -0.1) is 0 Å². The van der Waals surface area contributed by atoms with Gasteiger partial charge >= 0.3 is 7.12 Å². The van der Waals surface area contributed by atoms with Gasteiger partial charge in [0.1, 0.15) is 5.82 Å². The summed E-state index contributed by atoms with van der Waals surface area (Å²) < 4.78 is 13.7. The van der Waals surface area contributed by atoms with E-state index in [1.807, 2.05) is 0 Å². The maximum atomic E-state index is 13.7. The fourth-order valence-corrected chi connectivity index (χ4v) is 1.68. The number of benzene rings is 2. The van der Waals surface area contributed by atoms with Gasteiger partial charge in [-0.05, 0) is 29.2 Å². The Hall–Kier alpha value is -1.36. The number of halogens is 2. The Morgan fingerprint density at radius 1 is 1.00 bits per heavy atom. The fraction of sp³-hybridized carbons (Fsp3) is 0. The molecule has 0 saturated heterocycles. The minimum atomic E-state index is -1.66. The average molecular weight is 250 g/mol. The molecular weight excluding hydrogens is 241 g/mol. The van der Waals surface area contributed by atoms with Crippen molar-refractivity contribution in [2.24, 2.45) is 0 Å². The highest BCUT2D eigenvalue weighted by atomic mass is 35.5. The minimum absolute atomic E-state index is 0.125. The summed E-state index contributed by atoms with van der Waals surface area (Å²) in [5, 5.41) is 18.4. The zero-order valence-corrected chi connectivity index (χ0v) is 9.53. The van der Waals surface area contributed by atoms with Crippen LogP contribution in [0.25, 0.3) is 11.1 Å². The van der Waals surface area contributed by atoms with Crippen LogP contribution in [0.5, 0.6) is 0 Å². The van der Waals surface area contributed by atoms with Crippen LogP contribution in [-0.4, -0.2) is 17.2 Å². The highest BCUT2D eigenvalue weighted by Crippen LogP contribution is 2.23. The smallest absolute Gasteiger partial charge is 0.423 e. The molecule has 0 aromatic heterocycles. The Morgan fingerprint density at radius 2 is 1.65 bits per heavy atom. The molecule has 0 aliphatic heterocycles. The Balaban J connectivity index is 2.43. The van der Waals surface area contributed by atoms with E-state index in [4.69, 9.17) is 21.6 Å². The third kappa shape index (κ3) is 2.66. The quantitative estimate of drug-likeness (QED) is 0.798. The monoisotopic (exact) mass is 250 g/mol. The van der Waals surface area contributed by atoms with Crippen LogP contribution in [0.15, 0.2) is 42.5 Å². The summed E-state index contributed by atoms with van der Waals surface area (Å²) >= 11 is 5.75. The van der Waals surface area contributed by atoms with Gasteiger partial charge in [0.15, 0.2) is 0 Å². The van der Waals surface area contributed by atoms with Crippen molar-refractivity contribution in [1.82, 2.24) is 0 Å². The van der Waals surface area contributed by atoms with E-state index in [1.165, 1.54) is 12.1 Å². The van der Waals surface area contributed by atoms with Gasteiger partial charge in [0.25, 0.3) is 0 Å². The van der Waals surface area contributed by atoms with Crippen molar-refractivity contribution in [3.8, 4) is 11.1 Å². The molecule has 0 fully saturated rings. The van der Waals surface area contributed by atoms with E-state index < -0.39 is 12.9 Å². The molecule has 86 valence electrons. The van der Waals surface area contributed by atoms with Gasteiger partial charge in [0.05, 0.1) is 0 Å². The van der Waals surface area contributed by atoms with E-state index in [2.05, 4.69) is 0 Å². The van der Waals surface area contributed by atoms with Crippen LogP contribution < -0.4 is 5.46 Å². The molecule has 0 amide bonds. The lowest BCUT2D eigenvalue weighted by Gasteiger charge is -2.06. The standard InChI is InChI=1S/C12H9BClFO2/c14-10-4-1-8(2-5-10)11-6-3-9(13(16)17)7-12(11)15/h1-7,16-17H. The maximum Gasteiger partial charge on any atom is 0.488 e. The molecule has 0 saturated carbocycles. The summed E-state index contributed by atoms with van der Waals surface area (Å²) in [5.41, 5.74) is 1.21. The second-order valence-corrected chi connectivity index (χ2v) is 4.06. The van der Waals surface area contributed by atoms with Gasteiger partial charge in [-0.3, -0.25) is 0 Å². The topological polar surface area (TPSA) is 40.5 Å². The summed E-state index contributed by atoms with van der Waals surface area (Å²) in [4.78, 5) is 0. The fourth-order valence-electron chi connectivity index (χ4n) is 1.56. The lowest BCUT2D eigenvalue weighted by Crippen LogP contribution is -2.29. The van der Waals surface area contributed by atoms with Crippen LogP contribution in [0.3, 0.4) is 0 Å². The lowest BCUT2D eigenvalue weighted by atomic mass is 9.79. The predicted octanol–water partition coefficient (Wildman–Crippen LogP) is 1.83. The maximum absolute atomic E-state index is 13.7. The number of hydrogen-bond donors (Lipinski definition) is 2. The second kappa shape index (κ2) is 4.88. The Kier molecular flexibility index (Phi) is 3.47. The van der Waals surface area contributed by atoms with E-state index in [-0.39, 0.29) is 5.46 Å². The van der Waals surface area contributed by atoms with Crippen molar-refractivity contribution in [3.05, 3.63) is 53.3 Å². The molecule has 0 bridgehead atoms. The van der Waals surface area contributed by atoms with Gasteiger partial charge in [0.2, 0.25) is 0 Å². The van der Waals surface area contributed by atoms with Crippen molar-refractivity contribution in [2.75, 3.05) is 0 Å². The highest BCUT2D eigenvalue weighted by molar-refractivity contribution is 6.58. The van der Waals surface area contributed by atoms with Gasteiger partial charge in [-0.25, -0.2) is 4.39 Å². The summed E-state index contributed by atoms with van der Waals surface area (Å²) in [6.45, 7) is 0.